The van der Waals surface area contributed by atoms with E-state index >= 15 is 0 Å². The van der Waals surface area contributed by atoms with Gasteiger partial charge < -0.3 is 33.8 Å². The van der Waals surface area contributed by atoms with Gasteiger partial charge in [-0.25, -0.2) is 9.13 Å². The minimum atomic E-state index is -5.00. The van der Waals surface area contributed by atoms with Gasteiger partial charge in [0.05, 0.1) is 26.4 Å². The number of phosphoric ester groups is 2. The maximum absolute atomic E-state index is 13.1. The Hall–Kier alpha value is -4.80. The zero-order chi connectivity index (χ0) is 74.6. The van der Waals surface area contributed by atoms with Gasteiger partial charge in [-0.3, -0.25) is 37.3 Å². The van der Waals surface area contributed by atoms with Crippen LogP contribution in [0.3, 0.4) is 0 Å². The number of esters is 4. The van der Waals surface area contributed by atoms with E-state index in [0.717, 1.165) is 161 Å². The number of hydrogen-bond donors (Lipinski definition) is 3. The summed E-state index contributed by atoms with van der Waals surface area (Å²) >= 11 is 0. The number of unbranched alkanes of at least 4 members (excludes halogenated alkanes) is 25. The molecule has 5 unspecified atom stereocenters. The van der Waals surface area contributed by atoms with E-state index in [1.807, 2.05) is 12.2 Å². The summed E-state index contributed by atoms with van der Waals surface area (Å²) in [5, 5.41) is 10.6. The molecular weight excluding hydrogens is 1330 g/mol. The summed E-state index contributed by atoms with van der Waals surface area (Å²) in [4.78, 5) is 73.0. The van der Waals surface area contributed by atoms with E-state index in [-0.39, 0.29) is 25.7 Å². The van der Waals surface area contributed by atoms with E-state index in [4.69, 9.17) is 37.0 Å². The fourth-order valence-electron chi connectivity index (χ4n) is 10.2. The lowest BCUT2D eigenvalue weighted by Gasteiger charge is -2.21. The number of carbonyl (C=O) groups is 4. The first-order valence-corrected chi connectivity index (χ1v) is 42.4. The van der Waals surface area contributed by atoms with Gasteiger partial charge in [-0.15, -0.1) is 0 Å². The third-order valence-electron chi connectivity index (χ3n) is 16.1. The molecular formula is C83H140O17P2. The number of hydrogen-bond acceptors (Lipinski definition) is 15. The van der Waals surface area contributed by atoms with Crippen LogP contribution in [0.2, 0.25) is 0 Å². The van der Waals surface area contributed by atoms with Gasteiger partial charge in [0.25, 0.3) is 0 Å². The highest BCUT2D eigenvalue weighted by Crippen LogP contribution is 2.45. The minimum absolute atomic E-state index is 0.0599. The molecule has 0 saturated heterocycles. The van der Waals surface area contributed by atoms with Gasteiger partial charge in [0, 0.05) is 25.7 Å². The van der Waals surface area contributed by atoms with Gasteiger partial charge in [-0.05, 0) is 128 Å². The van der Waals surface area contributed by atoms with Crippen molar-refractivity contribution in [2.24, 2.45) is 0 Å². The number of carbonyl (C=O) groups excluding carboxylic acids is 4. The molecule has 584 valence electrons. The van der Waals surface area contributed by atoms with E-state index in [1.165, 1.54) is 64.2 Å². The van der Waals surface area contributed by atoms with Gasteiger partial charge in [0.2, 0.25) is 0 Å². The zero-order valence-corrected chi connectivity index (χ0v) is 65.5. The summed E-state index contributed by atoms with van der Waals surface area (Å²) in [6, 6.07) is 0. The van der Waals surface area contributed by atoms with Crippen LogP contribution >= 0.6 is 15.6 Å². The largest absolute Gasteiger partial charge is 0.472 e. The molecule has 0 aliphatic carbocycles. The lowest BCUT2D eigenvalue weighted by Crippen LogP contribution is -2.30. The molecule has 0 saturated carbocycles. The fourth-order valence-corrected chi connectivity index (χ4v) is 11.8. The Bertz CT molecular complexity index is 2460. The maximum atomic E-state index is 13.1. The van der Waals surface area contributed by atoms with Crippen LogP contribution in [0.4, 0.5) is 0 Å². The van der Waals surface area contributed by atoms with Crippen molar-refractivity contribution in [3.8, 4) is 0 Å². The van der Waals surface area contributed by atoms with Crippen LogP contribution in [-0.4, -0.2) is 96.7 Å². The highest BCUT2D eigenvalue weighted by molar-refractivity contribution is 7.47. The van der Waals surface area contributed by atoms with Crippen molar-refractivity contribution in [3.63, 3.8) is 0 Å². The molecule has 0 aromatic heterocycles. The molecule has 0 aliphatic rings. The lowest BCUT2D eigenvalue weighted by molar-refractivity contribution is -0.161. The monoisotopic (exact) mass is 1470 g/mol. The average molecular weight is 1470 g/mol. The minimum Gasteiger partial charge on any atom is -0.462 e. The summed E-state index contributed by atoms with van der Waals surface area (Å²) in [6.07, 6.45) is 83.0. The van der Waals surface area contributed by atoms with Crippen LogP contribution in [-0.2, 0) is 65.4 Å². The summed E-state index contributed by atoms with van der Waals surface area (Å²) in [6.45, 7) is 4.45. The van der Waals surface area contributed by atoms with E-state index in [2.05, 4.69) is 149 Å². The van der Waals surface area contributed by atoms with Crippen molar-refractivity contribution in [1.29, 1.82) is 0 Å². The molecule has 0 fully saturated rings. The summed E-state index contributed by atoms with van der Waals surface area (Å²) in [5.41, 5.74) is 0. The normalized spacial score (nSPS) is 14.6. The molecule has 0 heterocycles. The Labute approximate surface area is 618 Å². The number of phosphoric acid groups is 2. The van der Waals surface area contributed by atoms with Gasteiger partial charge in [-0.1, -0.05) is 290 Å². The molecule has 3 N–H and O–H groups in total. The number of rotatable bonds is 73. The molecule has 17 nitrogen and oxygen atoms in total. The number of allylic oxidation sites excluding steroid dienone is 22. The first kappa shape index (κ1) is 97.2. The standard InChI is InChI=1S/C83H140O17P2/c1-5-9-13-17-21-25-29-33-37-38-42-44-48-52-56-60-64-68-81(86)94-74-79(100-83(88)70-66-62-58-54-50-46-41-36-32-28-24-20-16-12-8-4)76-98-102(91,92)96-72-77(84)71-95-101(89,90)97-75-78(99-82(87)69-65-61-57-53-49-45-40-35-31-27-23-19-15-11-7-3)73-93-80(85)67-63-59-55-51-47-43-39-34-30-26-22-18-14-10-6-2/h9-10,12-14,16,21-22,24-26,28,33-34,36-37,39,41-42,44,52,56,77-79,84H,5-8,11,15,17-20,23,27,29-32,35,38,40,43,45-51,53-55,57-76H2,1-4H3,(H,89,90)(H,91,92)/b13-9-,14-10-,16-12-,25-21-,26-22-,28-24-,37-33-,39-34-,41-36-,44-42-,56-52-. The molecule has 0 spiro atoms. The molecule has 102 heavy (non-hydrogen) atoms. The molecule has 0 aromatic carbocycles. The predicted molar refractivity (Wildman–Crippen MR) is 418 cm³/mol. The quantitative estimate of drug-likeness (QED) is 0.0169. The lowest BCUT2D eigenvalue weighted by atomic mass is 10.0. The average Bonchev–Trinajstić information content (AvgIpc) is 0.923. The van der Waals surface area contributed by atoms with Crippen LogP contribution in [0.1, 0.15) is 310 Å². The zero-order valence-electron chi connectivity index (χ0n) is 63.7. The van der Waals surface area contributed by atoms with Crippen molar-refractivity contribution in [1.82, 2.24) is 0 Å². The predicted octanol–water partition coefficient (Wildman–Crippen LogP) is 22.9. The van der Waals surface area contributed by atoms with E-state index in [1.54, 1.807) is 0 Å². The Morgan fingerprint density at radius 2 is 0.520 bits per heavy atom. The van der Waals surface area contributed by atoms with E-state index < -0.39 is 97.5 Å². The second kappa shape index (κ2) is 74.5. The Balaban J connectivity index is 5.43. The molecule has 0 radical (unpaired) electrons. The van der Waals surface area contributed by atoms with E-state index in [9.17, 15) is 43.2 Å². The van der Waals surface area contributed by atoms with Crippen molar-refractivity contribution in [3.05, 3.63) is 134 Å². The number of ether oxygens (including phenoxy) is 4. The summed E-state index contributed by atoms with van der Waals surface area (Å²) in [5.74, 6) is -2.27. The van der Waals surface area contributed by atoms with Gasteiger partial charge in [0.1, 0.15) is 19.3 Å². The molecule has 19 heteroatoms. The van der Waals surface area contributed by atoms with Crippen LogP contribution < -0.4 is 0 Å². The van der Waals surface area contributed by atoms with Crippen LogP contribution in [0.25, 0.3) is 0 Å². The number of aliphatic hydroxyl groups excluding tert-OH is 1. The smallest absolute Gasteiger partial charge is 0.462 e. The summed E-state index contributed by atoms with van der Waals surface area (Å²) < 4.78 is 68.5. The Morgan fingerprint density at radius 3 is 0.824 bits per heavy atom. The van der Waals surface area contributed by atoms with Crippen molar-refractivity contribution >= 4 is 39.5 Å². The fraction of sp³-hybridized carbons (Fsp3) is 0.687. The SMILES string of the molecule is CC/C=C\C/C=C\C/C=C\C/C=C\C/C=C\CCCC(=O)OCC(COP(=O)(O)OCC(O)COP(=O)(O)OCC(COC(=O)CCCCCCC/C=C\C/C=C\C/C=C\CC)OC(=O)CCCCCCCCCCCCCCCCC)OC(=O)CCCCCCC/C=C\C/C=C\C/C=C\CC. The summed E-state index contributed by atoms with van der Waals surface area (Å²) in [7, 11) is -9.98. The highest BCUT2D eigenvalue weighted by Gasteiger charge is 2.30. The Kier molecular flexibility index (Phi) is 71.0. The third-order valence-corrected chi connectivity index (χ3v) is 18.0. The molecule has 0 bridgehead atoms. The van der Waals surface area contributed by atoms with Gasteiger partial charge >= 0.3 is 39.5 Å². The maximum Gasteiger partial charge on any atom is 0.472 e. The second-order valence-corrected chi connectivity index (χ2v) is 28.8. The second-order valence-electron chi connectivity index (χ2n) is 25.9. The first-order chi connectivity index (χ1) is 49.7. The molecule has 0 amide bonds. The van der Waals surface area contributed by atoms with Crippen LogP contribution in [0, 0.1) is 0 Å². The highest BCUT2D eigenvalue weighted by atomic mass is 31.2. The van der Waals surface area contributed by atoms with Gasteiger partial charge in [-0.2, -0.15) is 0 Å². The topological polar surface area (TPSA) is 237 Å². The first-order valence-electron chi connectivity index (χ1n) is 39.4. The molecule has 5 atom stereocenters. The number of aliphatic hydroxyl groups is 1. The third kappa shape index (κ3) is 73.5. The van der Waals surface area contributed by atoms with Crippen LogP contribution in [0.5, 0.6) is 0 Å². The van der Waals surface area contributed by atoms with Crippen molar-refractivity contribution in [2.45, 2.75) is 329 Å². The Morgan fingerprint density at radius 1 is 0.284 bits per heavy atom. The van der Waals surface area contributed by atoms with Crippen LogP contribution in [0.15, 0.2) is 134 Å². The molecule has 0 rings (SSSR count). The van der Waals surface area contributed by atoms with Crippen molar-refractivity contribution in [2.75, 3.05) is 39.6 Å². The van der Waals surface area contributed by atoms with Gasteiger partial charge in [0.15, 0.2) is 12.2 Å². The van der Waals surface area contributed by atoms with Crippen molar-refractivity contribution < 1.29 is 80.2 Å². The molecule has 0 aliphatic heterocycles. The molecule has 0 aromatic rings. The van der Waals surface area contributed by atoms with E-state index in [0.29, 0.717) is 32.1 Å².